The maximum atomic E-state index is 11.3. The fourth-order valence-electron chi connectivity index (χ4n) is 2.09. The van der Waals surface area contributed by atoms with E-state index in [2.05, 4.69) is 0 Å². The van der Waals surface area contributed by atoms with E-state index in [1.165, 1.54) is 6.07 Å². The number of allylic oxidation sites excluding steroid dienone is 1. The van der Waals surface area contributed by atoms with Crippen molar-refractivity contribution in [2.24, 2.45) is 0 Å². The molecule has 0 spiro atoms. The number of rotatable bonds is 4. The number of nitrogens with one attached hydrogen (secondary N) is 1. The van der Waals surface area contributed by atoms with Crippen molar-refractivity contribution >= 4 is 46.6 Å². The van der Waals surface area contributed by atoms with Gasteiger partial charge in [0, 0.05) is 12.7 Å². The van der Waals surface area contributed by atoms with Gasteiger partial charge in [-0.05, 0) is 54.1 Å². The summed E-state index contributed by atoms with van der Waals surface area (Å²) in [5.41, 5.74) is 2.64. The number of thioether (sulfide) groups is 1. The zero-order valence-electron chi connectivity index (χ0n) is 13.3. The monoisotopic (exact) mass is 360 g/mol. The zero-order valence-corrected chi connectivity index (χ0v) is 14.9. The van der Waals surface area contributed by atoms with Crippen LogP contribution in [0.25, 0.3) is 6.08 Å². The molecular formula is C18H17ClN2O2S. The number of para-hydroxylation sites is 1. The number of phenolic OH excluding ortho intramolecular Hbond substituents is 1. The second-order valence-electron chi connectivity index (χ2n) is 5.13. The van der Waals surface area contributed by atoms with Crippen LogP contribution >= 0.6 is 23.4 Å². The zero-order chi connectivity index (χ0) is 17.7. The van der Waals surface area contributed by atoms with Crippen LogP contribution in [0, 0.1) is 12.3 Å². The normalized spacial score (nSPS) is 11.2. The quantitative estimate of drug-likeness (QED) is 0.359. The summed E-state index contributed by atoms with van der Waals surface area (Å²) in [7, 11) is 1.79. The lowest BCUT2D eigenvalue weighted by molar-refractivity contribution is -0.104. The number of anilines is 1. The van der Waals surface area contributed by atoms with Gasteiger partial charge in [-0.3, -0.25) is 10.2 Å². The van der Waals surface area contributed by atoms with Crippen molar-refractivity contribution in [1.29, 1.82) is 5.41 Å². The molecule has 124 valence electrons. The maximum absolute atomic E-state index is 11.3. The Morgan fingerprint density at radius 2 is 2.00 bits per heavy atom. The predicted molar refractivity (Wildman–Crippen MR) is 102 cm³/mol. The lowest BCUT2D eigenvalue weighted by Crippen LogP contribution is -2.23. The van der Waals surface area contributed by atoms with Crippen molar-refractivity contribution in [3.05, 3.63) is 63.5 Å². The third-order valence-corrected chi connectivity index (χ3v) is 4.61. The lowest BCUT2D eigenvalue weighted by Gasteiger charge is -2.21. The first-order chi connectivity index (χ1) is 11.4. The van der Waals surface area contributed by atoms with Crippen LogP contribution in [0.1, 0.15) is 11.1 Å². The minimum Gasteiger partial charge on any atom is -0.506 e. The molecule has 0 atom stereocenters. The smallest absolute Gasteiger partial charge is 0.165 e. The molecule has 0 saturated heterocycles. The molecule has 0 aromatic heterocycles. The summed E-state index contributed by atoms with van der Waals surface area (Å²) in [5, 5.41) is 18.1. The molecule has 2 aromatic rings. The minimum atomic E-state index is -0.0128. The Labute approximate surface area is 150 Å². The van der Waals surface area contributed by atoms with Gasteiger partial charge in [0.05, 0.1) is 9.93 Å². The molecule has 0 unspecified atom stereocenters. The van der Waals surface area contributed by atoms with Crippen molar-refractivity contribution in [2.45, 2.75) is 6.92 Å². The highest BCUT2D eigenvalue weighted by Crippen LogP contribution is 2.28. The van der Waals surface area contributed by atoms with E-state index in [-0.39, 0.29) is 15.9 Å². The number of amidine groups is 1. The van der Waals surface area contributed by atoms with Gasteiger partial charge < -0.3 is 10.0 Å². The molecule has 0 amide bonds. The average molecular weight is 361 g/mol. The Kier molecular flexibility index (Phi) is 6.06. The molecule has 2 aromatic carbocycles. The SMILES string of the molecule is Cc1ccccc1N(C)C(=N)S/C(C=O)=C\c1ccc(O)c(Cl)c1. The van der Waals surface area contributed by atoms with Crippen LogP contribution in [0.3, 0.4) is 0 Å². The van der Waals surface area contributed by atoms with Gasteiger partial charge in [-0.2, -0.15) is 0 Å². The molecule has 0 fully saturated rings. The summed E-state index contributed by atoms with van der Waals surface area (Å²) >= 11 is 6.93. The maximum Gasteiger partial charge on any atom is 0.165 e. The van der Waals surface area contributed by atoms with Crippen LogP contribution in [0.15, 0.2) is 47.4 Å². The minimum absolute atomic E-state index is 0.0128. The number of halogens is 1. The molecule has 0 aliphatic rings. The van der Waals surface area contributed by atoms with E-state index in [1.54, 1.807) is 30.2 Å². The number of nitrogens with zero attached hydrogens (tertiary/aromatic N) is 1. The number of carbonyl (C=O) groups excluding carboxylic acids is 1. The molecule has 0 heterocycles. The second-order valence-corrected chi connectivity index (χ2v) is 6.60. The van der Waals surface area contributed by atoms with Crippen LogP contribution in [0.2, 0.25) is 5.02 Å². The Bertz CT molecular complexity index is 805. The molecule has 4 nitrogen and oxygen atoms in total. The highest BCUT2D eigenvalue weighted by atomic mass is 35.5. The van der Waals surface area contributed by atoms with E-state index in [1.807, 2.05) is 31.2 Å². The largest absolute Gasteiger partial charge is 0.506 e. The first kappa shape index (κ1) is 18.1. The fraction of sp³-hybridized carbons (Fsp3) is 0.111. The number of carbonyl (C=O) groups is 1. The lowest BCUT2D eigenvalue weighted by atomic mass is 10.2. The van der Waals surface area contributed by atoms with Crippen molar-refractivity contribution in [3.8, 4) is 5.75 Å². The van der Waals surface area contributed by atoms with Gasteiger partial charge in [0.25, 0.3) is 0 Å². The molecular weight excluding hydrogens is 344 g/mol. The van der Waals surface area contributed by atoms with Crippen molar-refractivity contribution in [1.82, 2.24) is 0 Å². The molecule has 0 aliphatic carbocycles. The third kappa shape index (κ3) is 4.40. The van der Waals surface area contributed by atoms with Gasteiger partial charge in [-0.1, -0.05) is 35.9 Å². The van der Waals surface area contributed by atoms with Crippen molar-refractivity contribution in [2.75, 3.05) is 11.9 Å². The van der Waals surface area contributed by atoms with Crippen LogP contribution in [0.5, 0.6) is 5.75 Å². The number of aldehydes is 1. The highest BCUT2D eigenvalue weighted by molar-refractivity contribution is 8.18. The Morgan fingerprint density at radius 3 is 2.62 bits per heavy atom. The van der Waals surface area contributed by atoms with E-state index in [4.69, 9.17) is 17.0 Å². The third-order valence-electron chi connectivity index (χ3n) is 3.39. The standard InChI is InChI=1S/C18H17ClN2O2S/c1-12-5-3-4-6-16(12)21(2)18(20)24-14(11-22)9-13-7-8-17(23)15(19)10-13/h3-11,20,23H,1-2H3/b14-9-,20-18?. The van der Waals surface area contributed by atoms with Crippen LogP contribution in [-0.4, -0.2) is 23.6 Å². The number of aromatic hydroxyl groups is 1. The van der Waals surface area contributed by atoms with Crippen LogP contribution in [0.4, 0.5) is 5.69 Å². The van der Waals surface area contributed by atoms with Gasteiger partial charge in [-0.15, -0.1) is 0 Å². The van der Waals surface area contributed by atoms with Gasteiger partial charge >= 0.3 is 0 Å². The molecule has 2 N–H and O–H groups in total. The van der Waals surface area contributed by atoms with Crippen LogP contribution in [-0.2, 0) is 4.79 Å². The van der Waals surface area contributed by atoms with E-state index in [0.29, 0.717) is 16.8 Å². The Hall–Kier alpha value is -2.24. The molecule has 0 saturated carbocycles. The van der Waals surface area contributed by atoms with Crippen molar-refractivity contribution < 1.29 is 9.90 Å². The fourth-order valence-corrected chi connectivity index (χ4v) is 2.98. The van der Waals surface area contributed by atoms with E-state index < -0.39 is 0 Å². The first-order valence-corrected chi connectivity index (χ1v) is 8.33. The van der Waals surface area contributed by atoms with Crippen LogP contribution < -0.4 is 4.90 Å². The van der Waals surface area contributed by atoms with Gasteiger partial charge in [0.2, 0.25) is 0 Å². The summed E-state index contributed by atoms with van der Waals surface area (Å²) < 4.78 is 0. The number of phenols is 1. The number of hydrogen-bond acceptors (Lipinski definition) is 4. The predicted octanol–water partition coefficient (Wildman–Crippen LogP) is 4.70. The van der Waals surface area contributed by atoms with E-state index in [0.717, 1.165) is 23.0 Å². The Balaban J connectivity index is 2.18. The summed E-state index contributed by atoms with van der Waals surface area (Å²) in [4.78, 5) is 13.4. The van der Waals surface area contributed by atoms with Gasteiger partial charge in [-0.25, -0.2) is 0 Å². The van der Waals surface area contributed by atoms with Gasteiger partial charge in [0.15, 0.2) is 11.5 Å². The summed E-state index contributed by atoms with van der Waals surface area (Å²) in [6, 6.07) is 12.4. The summed E-state index contributed by atoms with van der Waals surface area (Å²) in [6.45, 7) is 1.97. The number of benzene rings is 2. The molecule has 0 radical (unpaired) electrons. The van der Waals surface area contributed by atoms with Crippen molar-refractivity contribution in [3.63, 3.8) is 0 Å². The molecule has 0 bridgehead atoms. The second kappa shape index (κ2) is 8.04. The number of hydrogen-bond donors (Lipinski definition) is 2. The molecule has 6 heteroatoms. The summed E-state index contributed by atoms with van der Waals surface area (Å²) in [6.07, 6.45) is 2.33. The average Bonchev–Trinajstić information content (AvgIpc) is 2.57. The molecule has 0 aliphatic heterocycles. The van der Waals surface area contributed by atoms with Gasteiger partial charge in [0.1, 0.15) is 5.75 Å². The topological polar surface area (TPSA) is 64.4 Å². The molecule has 24 heavy (non-hydrogen) atoms. The van der Waals surface area contributed by atoms with E-state index in [9.17, 15) is 9.90 Å². The molecule has 2 rings (SSSR count). The van der Waals surface area contributed by atoms with E-state index >= 15 is 0 Å². The first-order valence-electron chi connectivity index (χ1n) is 7.13. The highest BCUT2D eigenvalue weighted by Gasteiger charge is 2.12. The summed E-state index contributed by atoms with van der Waals surface area (Å²) in [5.74, 6) is -0.0128. The Morgan fingerprint density at radius 1 is 1.29 bits per heavy atom. The number of aryl methyl sites for hydroxylation is 1.